The van der Waals surface area contributed by atoms with Crippen LogP contribution in [0, 0.1) is 13.8 Å². The van der Waals surface area contributed by atoms with Crippen molar-refractivity contribution in [3.63, 3.8) is 0 Å². The van der Waals surface area contributed by atoms with E-state index in [1.165, 1.54) is 0 Å². The first-order chi connectivity index (χ1) is 7.40. The van der Waals surface area contributed by atoms with Crippen LogP contribution in [0.4, 0.5) is 10.5 Å². The standard InChI is InChI=1S/C10H13ClN4O.ClH/c1-5-3-7(11)4-6(2)8(5)14-10(16)15-9(12)13;/h3-4H,1-2H3,(H5,12,13,14,15,16);1H. The lowest BCUT2D eigenvalue weighted by Crippen LogP contribution is -2.25. The lowest BCUT2D eigenvalue weighted by molar-refractivity contribution is 0.259. The van der Waals surface area contributed by atoms with E-state index in [1.54, 1.807) is 12.1 Å². The summed E-state index contributed by atoms with van der Waals surface area (Å²) in [6, 6.07) is 2.90. The second-order valence-corrected chi connectivity index (χ2v) is 3.82. The number of carbonyl (C=O) groups is 1. The molecule has 7 heteroatoms. The van der Waals surface area contributed by atoms with Crippen LogP contribution in [0.3, 0.4) is 0 Å². The number of urea groups is 1. The van der Waals surface area contributed by atoms with Crippen LogP contribution in [-0.2, 0) is 0 Å². The highest BCUT2D eigenvalue weighted by Crippen LogP contribution is 2.24. The number of hydrogen-bond acceptors (Lipinski definition) is 1. The highest BCUT2D eigenvalue weighted by Gasteiger charge is 2.07. The van der Waals surface area contributed by atoms with E-state index in [1.807, 2.05) is 13.8 Å². The molecule has 0 radical (unpaired) electrons. The Hall–Kier alpha value is -1.46. The number of amides is 2. The van der Waals surface area contributed by atoms with Gasteiger partial charge in [0.2, 0.25) is 0 Å². The summed E-state index contributed by atoms with van der Waals surface area (Å²) in [6.45, 7) is 3.67. The first kappa shape index (κ1) is 15.5. The maximum atomic E-state index is 11.3. The molecule has 0 atom stereocenters. The van der Waals surface area contributed by atoms with Gasteiger partial charge in [0.05, 0.1) is 0 Å². The van der Waals surface area contributed by atoms with Crippen LogP contribution >= 0.6 is 24.0 Å². The van der Waals surface area contributed by atoms with E-state index in [0.29, 0.717) is 10.7 Å². The van der Waals surface area contributed by atoms with E-state index in [4.69, 9.17) is 23.1 Å². The fourth-order valence-corrected chi connectivity index (χ4v) is 1.69. The third kappa shape index (κ3) is 4.50. The molecule has 0 saturated carbocycles. The van der Waals surface area contributed by atoms with Gasteiger partial charge < -0.3 is 16.8 Å². The van der Waals surface area contributed by atoms with Crippen molar-refractivity contribution in [1.82, 2.24) is 0 Å². The van der Waals surface area contributed by atoms with Crippen molar-refractivity contribution in [2.24, 2.45) is 16.5 Å². The molecule has 1 aromatic carbocycles. The number of nitrogens with zero attached hydrogens (tertiary/aromatic N) is 1. The minimum Gasteiger partial charge on any atom is -0.370 e. The van der Waals surface area contributed by atoms with E-state index in [0.717, 1.165) is 11.1 Å². The van der Waals surface area contributed by atoms with Crippen molar-refractivity contribution in [2.45, 2.75) is 13.8 Å². The monoisotopic (exact) mass is 276 g/mol. The molecule has 0 saturated heterocycles. The van der Waals surface area contributed by atoms with E-state index < -0.39 is 6.03 Å². The second-order valence-electron chi connectivity index (χ2n) is 3.38. The van der Waals surface area contributed by atoms with E-state index >= 15 is 0 Å². The summed E-state index contributed by atoms with van der Waals surface area (Å²) in [7, 11) is 0. The maximum absolute atomic E-state index is 11.3. The molecule has 0 fully saturated rings. The summed E-state index contributed by atoms with van der Waals surface area (Å²) in [5.74, 6) is -0.276. The number of aliphatic imine (C=N–C) groups is 1. The summed E-state index contributed by atoms with van der Waals surface area (Å²) < 4.78 is 0. The Morgan fingerprint density at radius 3 is 2.18 bits per heavy atom. The molecule has 5 nitrogen and oxygen atoms in total. The zero-order valence-corrected chi connectivity index (χ0v) is 11.0. The SMILES string of the molecule is Cc1cc(Cl)cc(C)c1NC(=O)N=C(N)N.Cl. The molecule has 1 rings (SSSR count). The van der Waals surface area contributed by atoms with Crippen LogP contribution in [0.25, 0.3) is 0 Å². The van der Waals surface area contributed by atoms with Gasteiger partial charge >= 0.3 is 6.03 Å². The van der Waals surface area contributed by atoms with Gasteiger partial charge in [-0.15, -0.1) is 12.4 Å². The lowest BCUT2D eigenvalue weighted by Gasteiger charge is -2.10. The number of rotatable bonds is 1. The number of aryl methyl sites for hydroxylation is 2. The van der Waals surface area contributed by atoms with Crippen molar-refractivity contribution < 1.29 is 4.79 Å². The minimum absolute atomic E-state index is 0. The molecule has 2 amide bonds. The quantitative estimate of drug-likeness (QED) is 0.542. The number of nitrogens with two attached hydrogens (primary N) is 2. The average molecular weight is 277 g/mol. The number of guanidine groups is 1. The second kappa shape index (κ2) is 6.32. The van der Waals surface area contributed by atoms with Gasteiger partial charge in [-0.1, -0.05) is 11.6 Å². The van der Waals surface area contributed by atoms with Crippen LogP contribution in [-0.4, -0.2) is 12.0 Å². The topological polar surface area (TPSA) is 93.5 Å². The third-order valence-electron chi connectivity index (χ3n) is 1.96. The van der Waals surface area contributed by atoms with Crippen molar-refractivity contribution in [3.05, 3.63) is 28.3 Å². The van der Waals surface area contributed by atoms with Crippen molar-refractivity contribution in [2.75, 3.05) is 5.32 Å². The van der Waals surface area contributed by atoms with Gasteiger partial charge in [-0.25, -0.2) is 4.79 Å². The number of carbonyl (C=O) groups excluding carboxylic acids is 1. The van der Waals surface area contributed by atoms with Crippen LogP contribution in [0.15, 0.2) is 17.1 Å². The van der Waals surface area contributed by atoms with Crippen LogP contribution < -0.4 is 16.8 Å². The Kier molecular flexibility index (Phi) is 5.78. The molecule has 0 unspecified atom stereocenters. The molecule has 1 aromatic rings. The molecule has 17 heavy (non-hydrogen) atoms. The minimum atomic E-state index is -0.603. The van der Waals surface area contributed by atoms with Crippen molar-refractivity contribution >= 4 is 41.7 Å². The first-order valence-electron chi connectivity index (χ1n) is 4.57. The number of nitrogens with one attached hydrogen (secondary N) is 1. The highest BCUT2D eigenvalue weighted by molar-refractivity contribution is 6.30. The average Bonchev–Trinajstić information content (AvgIpc) is 2.09. The zero-order valence-electron chi connectivity index (χ0n) is 9.45. The molecule has 5 N–H and O–H groups in total. The molecular weight excluding hydrogens is 263 g/mol. The Balaban J connectivity index is 0.00000256. The van der Waals surface area contributed by atoms with E-state index in [2.05, 4.69) is 10.3 Å². The van der Waals surface area contributed by atoms with Crippen molar-refractivity contribution in [1.29, 1.82) is 0 Å². The van der Waals surface area contributed by atoms with Crippen molar-refractivity contribution in [3.8, 4) is 0 Å². The summed E-state index contributed by atoms with van der Waals surface area (Å²) in [4.78, 5) is 14.7. The van der Waals surface area contributed by atoms with E-state index in [-0.39, 0.29) is 18.4 Å². The predicted molar refractivity (Wildman–Crippen MR) is 73.0 cm³/mol. The molecule has 0 spiro atoms. The number of anilines is 1. The van der Waals surface area contributed by atoms with Gasteiger partial charge in [0.1, 0.15) is 0 Å². The number of hydrogen-bond donors (Lipinski definition) is 3. The molecule has 0 bridgehead atoms. The molecule has 0 aliphatic rings. The Bertz CT molecular complexity index is 433. The third-order valence-corrected chi connectivity index (χ3v) is 2.18. The fourth-order valence-electron chi connectivity index (χ4n) is 1.36. The van der Waals surface area contributed by atoms with Gasteiger partial charge in [0.25, 0.3) is 0 Å². The van der Waals surface area contributed by atoms with Crippen LogP contribution in [0.5, 0.6) is 0 Å². The number of benzene rings is 1. The Labute approximate surface area is 111 Å². The zero-order chi connectivity index (χ0) is 12.3. The Morgan fingerprint density at radius 2 is 1.76 bits per heavy atom. The van der Waals surface area contributed by atoms with Crippen LogP contribution in [0.2, 0.25) is 5.02 Å². The maximum Gasteiger partial charge on any atom is 0.348 e. The van der Waals surface area contributed by atoms with Gasteiger partial charge in [0, 0.05) is 10.7 Å². The van der Waals surface area contributed by atoms with E-state index in [9.17, 15) is 4.79 Å². The summed E-state index contributed by atoms with van der Waals surface area (Å²) >= 11 is 5.86. The smallest absolute Gasteiger partial charge is 0.348 e. The summed E-state index contributed by atoms with van der Waals surface area (Å²) in [5.41, 5.74) is 12.6. The lowest BCUT2D eigenvalue weighted by atomic mass is 10.1. The van der Waals surface area contributed by atoms with Crippen LogP contribution in [0.1, 0.15) is 11.1 Å². The molecular formula is C10H14Cl2N4O. The molecule has 0 aliphatic heterocycles. The largest absolute Gasteiger partial charge is 0.370 e. The Morgan fingerprint density at radius 1 is 1.29 bits per heavy atom. The predicted octanol–water partition coefficient (Wildman–Crippen LogP) is 2.18. The molecule has 94 valence electrons. The summed E-state index contributed by atoms with van der Waals surface area (Å²) in [5, 5.41) is 3.21. The highest BCUT2D eigenvalue weighted by atomic mass is 35.5. The fraction of sp³-hybridized carbons (Fsp3) is 0.200. The molecule has 0 heterocycles. The van der Waals surface area contributed by atoms with Gasteiger partial charge in [-0.05, 0) is 37.1 Å². The van der Waals surface area contributed by atoms with Gasteiger partial charge in [0.15, 0.2) is 5.96 Å². The molecule has 0 aromatic heterocycles. The van der Waals surface area contributed by atoms with Gasteiger partial charge in [-0.3, -0.25) is 0 Å². The normalized spacial score (nSPS) is 9.12. The number of halogens is 2. The molecule has 0 aliphatic carbocycles. The van der Waals surface area contributed by atoms with Gasteiger partial charge in [-0.2, -0.15) is 4.99 Å². The first-order valence-corrected chi connectivity index (χ1v) is 4.95. The summed E-state index contributed by atoms with van der Waals surface area (Å²) in [6.07, 6.45) is 0.